The Labute approximate surface area is 177 Å². The van der Waals surface area contributed by atoms with Crippen LogP contribution in [0.2, 0.25) is 0 Å². The van der Waals surface area contributed by atoms with Crippen LogP contribution in [0, 0.1) is 11.3 Å². The molecule has 0 bridgehead atoms. The summed E-state index contributed by atoms with van der Waals surface area (Å²) in [6.45, 7) is 4.03. The molecule has 1 aromatic carbocycles. The molecule has 2 aliphatic rings. The molecule has 4 heterocycles. The largest absolute Gasteiger partial charge is 0.494 e. The fourth-order valence-corrected chi connectivity index (χ4v) is 4.44. The van der Waals surface area contributed by atoms with Crippen molar-refractivity contribution in [2.24, 2.45) is 0 Å². The van der Waals surface area contributed by atoms with E-state index in [2.05, 4.69) is 6.07 Å². The zero-order chi connectivity index (χ0) is 21.9. The van der Waals surface area contributed by atoms with Crippen LogP contribution in [-0.4, -0.2) is 27.2 Å². The SMILES string of the molecule is CCOc1ccc2nc3c(c(C#N)c2c1)Cn1c-3cc2c(c1=O)COC(=O)[C@]2(O)CC. The van der Waals surface area contributed by atoms with Crippen molar-refractivity contribution in [3.8, 4) is 23.2 Å². The number of nitrogens with zero attached hydrogens (tertiary/aromatic N) is 3. The Morgan fingerprint density at radius 3 is 2.81 bits per heavy atom. The van der Waals surface area contributed by atoms with Gasteiger partial charge in [0.15, 0.2) is 5.60 Å². The Kier molecular flexibility index (Phi) is 4.14. The van der Waals surface area contributed by atoms with E-state index >= 15 is 0 Å². The van der Waals surface area contributed by atoms with Crippen molar-refractivity contribution >= 4 is 16.9 Å². The molecule has 8 heteroatoms. The van der Waals surface area contributed by atoms with E-state index in [0.29, 0.717) is 45.8 Å². The zero-order valence-corrected chi connectivity index (χ0v) is 17.1. The summed E-state index contributed by atoms with van der Waals surface area (Å²) < 4.78 is 12.2. The molecule has 1 atom stereocenters. The van der Waals surface area contributed by atoms with E-state index in [1.54, 1.807) is 31.2 Å². The normalized spacial score (nSPS) is 18.7. The van der Waals surface area contributed by atoms with Gasteiger partial charge in [0.25, 0.3) is 5.56 Å². The molecule has 3 aromatic rings. The van der Waals surface area contributed by atoms with Gasteiger partial charge in [-0.2, -0.15) is 5.26 Å². The summed E-state index contributed by atoms with van der Waals surface area (Å²) in [4.78, 5) is 30.2. The van der Waals surface area contributed by atoms with Gasteiger partial charge < -0.3 is 19.1 Å². The maximum absolute atomic E-state index is 13.2. The van der Waals surface area contributed by atoms with Crippen molar-refractivity contribution in [2.75, 3.05) is 6.61 Å². The summed E-state index contributed by atoms with van der Waals surface area (Å²) in [6.07, 6.45) is 0.0728. The van der Waals surface area contributed by atoms with Gasteiger partial charge in [-0.1, -0.05) is 6.92 Å². The Morgan fingerprint density at radius 1 is 1.29 bits per heavy atom. The summed E-state index contributed by atoms with van der Waals surface area (Å²) in [5, 5.41) is 21.5. The molecule has 0 saturated heterocycles. The Morgan fingerprint density at radius 2 is 2.10 bits per heavy atom. The highest BCUT2D eigenvalue weighted by Crippen LogP contribution is 2.40. The number of fused-ring (bicyclic) bond motifs is 5. The Bertz CT molecular complexity index is 1380. The fraction of sp³-hybridized carbons (Fsp3) is 0.304. The van der Waals surface area contributed by atoms with Crippen LogP contribution in [0.1, 0.15) is 42.5 Å². The number of nitriles is 1. The molecule has 1 N–H and O–H groups in total. The summed E-state index contributed by atoms with van der Waals surface area (Å²) in [6, 6.07) is 9.24. The molecule has 0 saturated carbocycles. The maximum atomic E-state index is 13.2. The first-order chi connectivity index (χ1) is 14.9. The lowest BCUT2D eigenvalue weighted by molar-refractivity contribution is -0.172. The quantitative estimate of drug-likeness (QED) is 0.509. The van der Waals surface area contributed by atoms with Crippen LogP contribution in [0.3, 0.4) is 0 Å². The van der Waals surface area contributed by atoms with E-state index < -0.39 is 11.6 Å². The van der Waals surface area contributed by atoms with Crippen LogP contribution in [0.5, 0.6) is 5.75 Å². The molecule has 0 fully saturated rings. The maximum Gasteiger partial charge on any atom is 0.343 e. The first-order valence-electron chi connectivity index (χ1n) is 10.1. The molecule has 2 aliphatic heterocycles. The van der Waals surface area contributed by atoms with E-state index in [0.717, 1.165) is 0 Å². The lowest BCUT2D eigenvalue weighted by Gasteiger charge is -2.31. The number of aliphatic hydroxyl groups is 1. The first-order valence-corrected chi connectivity index (χ1v) is 10.1. The van der Waals surface area contributed by atoms with Crippen molar-refractivity contribution in [3.63, 3.8) is 0 Å². The number of benzene rings is 1. The third-order valence-electron chi connectivity index (χ3n) is 6.08. The fourth-order valence-electron chi connectivity index (χ4n) is 4.44. The van der Waals surface area contributed by atoms with E-state index in [9.17, 15) is 20.0 Å². The molecule has 5 rings (SSSR count). The number of rotatable bonds is 3. The van der Waals surface area contributed by atoms with Gasteiger partial charge in [0.2, 0.25) is 0 Å². The number of carbonyl (C=O) groups excluding carboxylic acids is 1. The van der Waals surface area contributed by atoms with Crippen LogP contribution in [-0.2, 0) is 28.3 Å². The van der Waals surface area contributed by atoms with Gasteiger partial charge in [0.05, 0.1) is 41.2 Å². The van der Waals surface area contributed by atoms with Gasteiger partial charge in [-0.05, 0) is 37.6 Å². The van der Waals surface area contributed by atoms with Gasteiger partial charge in [0, 0.05) is 16.5 Å². The minimum absolute atomic E-state index is 0.0728. The summed E-state index contributed by atoms with van der Waals surface area (Å²) in [7, 11) is 0. The Balaban J connectivity index is 1.79. The molecule has 0 spiro atoms. The molecule has 0 unspecified atom stereocenters. The molecule has 0 radical (unpaired) electrons. The van der Waals surface area contributed by atoms with Crippen molar-refractivity contribution in [1.82, 2.24) is 9.55 Å². The molecular formula is C23H19N3O5. The average Bonchev–Trinajstić information content (AvgIpc) is 3.14. The summed E-state index contributed by atoms with van der Waals surface area (Å²) in [5.41, 5.74) is 0.918. The Hall–Kier alpha value is -3.70. The van der Waals surface area contributed by atoms with E-state index in [-0.39, 0.29) is 36.3 Å². The third kappa shape index (κ3) is 2.53. The highest BCUT2D eigenvalue weighted by Gasteiger charge is 2.45. The van der Waals surface area contributed by atoms with Gasteiger partial charge in [-0.15, -0.1) is 0 Å². The van der Waals surface area contributed by atoms with Gasteiger partial charge in [0.1, 0.15) is 18.4 Å². The van der Waals surface area contributed by atoms with Crippen molar-refractivity contribution in [1.29, 1.82) is 5.26 Å². The number of hydrogen-bond donors (Lipinski definition) is 1. The van der Waals surface area contributed by atoms with Gasteiger partial charge >= 0.3 is 5.97 Å². The lowest BCUT2D eigenvalue weighted by atomic mass is 9.86. The number of ether oxygens (including phenoxy) is 2. The van der Waals surface area contributed by atoms with Gasteiger partial charge in [-0.25, -0.2) is 9.78 Å². The second-order valence-corrected chi connectivity index (χ2v) is 7.64. The van der Waals surface area contributed by atoms with E-state index in [1.165, 1.54) is 4.57 Å². The second-order valence-electron chi connectivity index (χ2n) is 7.64. The van der Waals surface area contributed by atoms with E-state index in [4.69, 9.17) is 14.5 Å². The van der Waals surface area contributed by atoms with Crippen LogP contribution in [0.15, 0.2) is 29.1 Å². The van der Waals surface area contributed by atoms with Crippen molar-refractivity contribution < 1.29 is 19.4 Å². The molecule has 0 aliphatic carbocycles. The van der Waals surface area contributed by atoms with Gasteiger partial charge in [-0.3, -0.25) is 4.79 Å². The van der Waals surface area contributed by atoms with Crippen molar-refractivity contribution in [3.05, 3.63) is 56.9 Å². The standard InChI is InChI=1S/C23H19N3O5/c1-3-23(29)17-8-19-20-15(10-26(19)21(27)16(17)11-31-22(23)28)14(9-24)13-7-12(30-4-2)5-6-18(13)25-20/h5-8,29H,3-4,10-11H2,1-2H3/t23-/m0/s1. The number of carbonyl (C=O) groups is 1. The summed E-state index contributed by atoms with van der Waals surface area (Å²) >= 11 is 0. The van der Waals surface area contributed by atoms with Crippen LogP contribution < -0.4 is 10.3 Å². The number of hydrogen-bond acceptors (Lipinski definition) is 7. The molecule has 2 aromatic heterocycles. The highest BCUT2D eigenvalue weighted by molar-refractivity contribution is 5.91. The zero-order valence-electron chi connectivity index (χ0n) is 17.1. The lowest BCUT2D eigenvalue weighted by Crippen LogP contribution is -2.44. The number of aromatic nitrogens is 2. The number of pyridine rings is 2. The smallest absolute Gasteiger partial charge is 0.343 e. The number of esters is 1. The van der Waals surface area contributed by atoms with Crippen LogP contribution >= 0.6 is 0 Å². The molecular weight excluding hydrogens is 398 g/mol. The van der Waals surface area contributed by atoms with Crippen molar-refractivity contribution in [2.45, 2.75) is 39.0 Å². The second kappa shape index (κ2) is 6.65. The monoisotopic (exact) mass is 417 g/mol. The average molecular weight is 417 g/mol. The minimum Gasteiger partial charge on any atom is -0.494 e. The number of cyclic esters (lactones) is 1. The molecule has 156 valence electrons. The highest BCUT2D eigenvalue weighted by atomic mass is 16.6. The van der Waals surface area contributed by atoms with Crippen LogP contribution in [0.25, 0.3) is 22.3 Å². The topological polar surface area (TPSA) is 114 Å². The molecule has 0 amide bonds. The van der Waals surface area contributed by atoms with Crippen LogP contribution in [0.4, 0.5) is 0 Å². The predicted molar refractivity (Wildman–Crippen MR) is 110 cm³/mol. The van der Waals surface area contributed by atoms with E-state index in [1.807, 2.05) is 6.92 Å². The summed E-state index contributed by atoms with van der Waals surface area (Å²) in [5.74, 6) is -0.127. The molecule has 8 nitrogen and oxygen atoms in total. The third-order valence-corrected chi connectivity index (χ3v) is 6.08. The minimum atomic E-state index is -1.88. The predicted octanol–water partition coefficient (Wildman–Crippen LogP) is 2.35. The molecule has 31 heavy (non-hydrogen) atoms. The first kappa shape index (κ1) is 19.3.